The van der Waals surface area contributed by atoms with Gasteiger partial charge in [0.1, 0.15) is 5.75 Å². The molecule has 1 aromatic heterocycles. The molecule has 1 amide bonds. The molecule has 1 aliphatic rings. The Hall–Kier alpha value is -1.76. The molecule has 0 bridgehead atoms. The van der Waals surface area contributed by atoms with E-state index >= 15 is 0 Å². The molecular formula is C19H24Cl2N4O2. The highest BCUT2D eigenvalue weighted by molar-refractivity contribution is 6.35. The summed E-state index contributed by atoms with van der Waals surface area (Å²) in [4.78, 5) is 16.6. The maximum absolute atomic E-state index is 12.4. The minimum Gasteiger partial charge on any atom is -0.482 e. The van der Waals surface area contributed by atoms with E-state index in [1.54, 1.807) is 18.2 Å². The van der Waals surface area contributed by atoms with Crippen LogP contribution in [0.3, 0.4) is 0 Å². The molecule has 3 rings (SSSR count). The highest BCUT2D eigenvalue weighted by Crippen LogP contribution is 2.27. The minimum atomic E-state index is -0.0285. The van der Waals surface area contributed by atoms with Gasteiger partial charge in [-0.1, -0.05) is 23.2 Å². The molecule has 0 aliphatic carbocycles. The number of aryl methyl sites for hydroxylation is 2. The van der Waals surface area contributed by atoms with Crippen molar-refractivity contribution in [3.63, 3.8) is 0 Å². The summed E-state index contributed by atoms with van der Waals surface area (Å²) < 4.78 is 7.59. The normalized spacial score (nSPS) is 15.2. The second-order valence-electron chi connectivity index (χ2n) is 6.74. The largest absolute Gasteiger partial charge is 0.482 e. The Morgan fingerprint density at radius 1 is 1.11 bits per heavy atom. The number of piperazine rings is 1. The van der Waals surface area contributed by atoms with E-state index in [9.17, 15) is 4.79 Å². The Labute approximate surface area is 169 Å². The fourth-order valence-corrected chi connectivity index (χ4v) is 3.64. The van der Waals surface area contributed by atoms with Gasteiger partial charge in [0.2, 0.25) is 0 Å². The summed E-state index contributed by atoms with van der Waals surface area (Å²) in [5, 5.41) is 5.44. The number of nitrogens with zero attached hydrogens (tertiary/aromatic N) is 4. The third kappa shape index (κ3) is 5.37. The van der Waals surface area contributed by atoms with Crippen LogP contribution < -0.4 is 4.74 Å². The SMILES string of the molecule is Cc1cc(C)n(CCN2CCN(C(=O)COc3ccc(Cl)cc3Cl)CC2)n1. The van der Waals surface area contributed by atoms with Crippen molar-refractivity contribution in [3.8, 4) is 5.75 Å². The average Bonchev–Trinajstić information content (AvgIpc) is 2.96. The summed E-state index contributed by atoms with van der Waals surface area (Å²) in [5.74, 6) is 0.442. The fraction of sp³-hybridized carbons (Fsp3) is 0.474. The highest BCUT2D eigenvalue weighted by atomic mass is 35.5. The van der Waals surface area contributed by atoms with Gasteiger partial charge in [0, 0.05) is 43.4 Å². The van der Waals surface area contributed by atoms with Crippen LogP contribution in [-0.2, 0) is 11.3 Å². The molecule has 0 atom stereocenters. The number of halogens is 2. The quantitative estimate of drug-likeness (QED) is 0.734. The first kappa shape index (κ1) is 20.0. The number of rotatable bonds is 6. The number of hydrogen-bond acceptors (Lipinski definition) is 4. The first-order chi connectivity index (χ1) is 12.9. The van der Waals surface area contributed by atoms with Gasteiger partial charge in [-0.2, -0.15) is 5.10 Å². The summed E-state index contributed by atoms with van der Waals surface area (Å²) in [7, 11) is 0. The predicted octanol–water partition coefficient (Wildman–Crippen LogP) is 3.03. The zero-order chi connectivity index (χ0) is 19.4. The van der Waals surface area contributed by atoms with Gasteiger partial charge in [0.15, 0.2) is 6.61 Å². The molecule has 2 aromatic rings. The molecule has 1 aliphatic heterocycles. The van der Waals surface area contributed by atoms with E-state index in [0.29, 0.717) is 28.9 Å². The predicted molar refractivity (Wildman–Crippen MR) is 107 cm³/mol. The zero-order valence-corrected chi connectivity index (χ0v) is 17.1. The summed E-state index contributed by atoms with van der Waals surface area (Å²) in [6.07, 6.45) is 0. The van der Waals surface area contributed by atoms with Gasteiger partial charge < -0.3 is 9.64 Å². The van der Waals surface area contributed by atoms with Crippen LogP contribution in [-0.4, -0.2) is 64.8 Å². The van der Waals surface area contributed by atoms with Crippen LogP contribution in [0, 0.1) is 13.8 Å². The standard InChI is InChI=1S/C19H24Cl2N4O2/c1-14-11-15(2)25(22-14)10-7-23-5-8-24(9-6-23)19(26)13-27-18-4-3-16(20)12-17(18)21/h3-4,11-12H,5-10,13H2,1-2H3. The van der Waals surface area contributed by atoms with Crippen molar-refractivity contribution in [1.82, 2.24) is 19.6 Å². The molecule has 0 saturated carbocycles. The Morgan fingerprint density at radius 3 is 2.48 bits per heavy atom. The molecule has 0 spiro atoms. The molecule has 27 heavy (non-hydrogen) atoms. The van der Waals surface area contributed by atoms with E-state index in [0.717, 1.165) is 31.9 Å². The van der Waals surface area contributed by atoms with Crippen LogP contribution in [0.25, 0.3) is 0 Å². The number of ether oxygens (including phenoxy) is 1. The molecule has 1 aromatic carbocycles. The number of carbonyl (C=O) groups is 1. The van der Waals surface area contributed by atoms with Gasteiger partial charge in [0.05, 0.1) is 17.3 Å². The molecule has 0 unspecified atom stereocenters. The Kier molecular flexibility index (Phi) is 6.63. The summed E-state index contributed by atoms with van der Waals surface area (Å²) in [6.45, 7) is 8.97. The molecule has 8 heteroatoms. The third-order valence-electron chi connectivity index (χ3n) is 4.70. The molecular weight excluding hydrogens is 387 g/mol. The lowest BCUT2D eigenvalue weighted by Gasteiger charge is -2.34. The second-order valence-corrected chi connectivity index (χ2v) is 7.58. The Bertz CT molecular complexity index is 801. The lowest BCUT2D eigenvalue weighted by molar-refractivity contribution is -0.135. The number of hydrogen-bond donors (Lipinski definition) is 0. The number of amides is 1. The highest BCUT2D eigenvalue weighted by Gasteiger charge is 2.21. The topological polar surface area (TPSA) is 50.6 Å². The lowest BCUT2D eigenvalue weighted by Crippen LogP contribution is -2.50. The number of aromatic nitrogens is 2. The Morgan fingerprint density at radius 2 is 1.85 bits per heavy atom. The smallest absolute Gasteiger partial charge is 0.260 e. The van der Waals surface area contributed by atoms with Gasteiger partial charge in [-0.25, -0.2) is 0 Å². The van der Waals surface area contributed by atoms with Crippen molar-refractivity contribution in [2.24, 2.45) is 0 Å². The molecule has 0 radical (unpaired) electrons. The summed E-state index contributed by atoms with van der Waals surface area (Å²) >= 11 is 11.9. The van der Waals surface area contributed by atoms with Crippen LogP contribution in [0.2, 0.25) is 10.0 Å². The van der Waals surface area contributed by atoms with Crippen molar-refractivity contribution in [1.29, 1.82) is 0 Å². The van der Waals surface area contributed by atoms with Gasteiger partial charge in [-0.05, 0) is 38.1 Å². The van der Waals surface area contributed by atoms with Crippen molar-refractivity contribution in [2.75, 3.05) is 39.3 Å². The van der Waals surface area contributed by atoms with Crippen molar-refractivity contribution in [3.05, 3.63) is 45.7 Å². The van der Waals surface area contributed by atoms with Crippen LogP contribution >= 0.6 is 23.2 Å². The second kappa shape index (κ2) is 8.95. The van der Waals surface area contributed by atoms with Crippen LogP contribution in [0.5, 0.6) is 5.75 Å². The molecule has 1 saturated heterocycles. The van der Waals surface area contributed by atoms with Crippen molar-refractivity contribution in [2.45, 2.75) is 20.4 Å². The van der Waals surface area contributed by atoms with Crippen LogP contribution in [0.15, 0.2) is 24.3 Å². The van der Waals surface area contributed by atoms with Crippen molar-refractivity contribution < 1.29 is 9.53 Å². The summed E-state index contributed by atoms with van der Waals surface area (Å²) in [6, 6.07) is 7.05. The lowest BCUT2D eigenvalue weighted by atomic mass is 10.3. The van der Waals surface area contributed by atoms with E-state index in [-0.39, 0.29) is 12.5 Å². The maximum atomic E-state index is 12.4. The first-order valence-electron chi connectivity index (χ1n) is 9.01. The molecule has 0 N–H and O–H groups in total. The number of carbonyl (C=O) groups excluding carboxylic acids is 1. The molecule has 1 fully saturated rings. The fourth-order valence-electron chi connectivity index (χ4n) is 3.18. The zero-order valence-electron chi connectivity index (χ0n) is 15.6. The van der Waals surface area contributed by atoms with E-state index in [1.165, 1.54) is 5.69 Å². The van der Waals surface area contributed by atoms with E-state index in [4.69, 9.17) is 27.9 Å². The Balaban J connectivity index is 1.41. The van der Waals surface area contributed by atoms with Gasteiger partial charge in [-0.15, -0.1) is 0 Å². The first-order valence-corrected chi connectivity index (χ1v) is 9.77. The van der Waals surface area contributed by atoms with E-state index in [1.807, 2.05) is 16.5 Å². The minimum absolute atomic E-state index is 0.0207. The van der Waals surface area contributed by atoms with E-state index in [2.05, 4.69) is 23.0 Å². The molecule has 6 nitrogen and oxygen atoms in total. The third-order valence-corrected chi connectivity index (χ3v) is 5.23. The molecule has 2 heterocycles. The monoisotopic (exact) mass is 410 g/mol. The van der Waals surface area contributed by atoms with Crippen LogP contribution in [0.1, 0.15) is 11.4 Å². The summed E-state index contributed by atoms with van der Waals surface area (Å²) in [5.41, 5.74) is 2.23. The van der Waals surface area contributed by atoms with Crippen molar-refractivity contribution >= 4 is 29.1 Å². The van der Waals surface area contributed by atoms with Gasteiger partial charge in [-0.3, -0.25) is 14.4 Å². The average molecular weight is 411 g/mol. The molecule has 146 valence electrons. The maximum Gasteiger partial charge on any atom is 0.260 e. The number of benzene rings is 1. The van der Waals surface area contributed by atoms with Gasteiger partial charge >= 0.3 is 0 Å². The van der Waals surface area contributed by atoms with Crippen LogP contribution in [0.4, 0.5) is 0 Å². The van der Waals surface area contributed by atoms with Gasteiger partial charge in [0.25, 0.3) is 5.91 Å². The van der Waals surface area contributed by atoms with E-state index < -0.39 is 0 Å².